The van der Waals surface area contributed by atoms with Crippen molar-refractivity contribution in [3.63, 3.8) is 0 Å². The van der Waals surface area contributed by atoms with Crippen LogP contribution in [-0.2, 0) is 0 Å². The number of aromatic nitrogens is 1. The number of fused-ring (bicyclic) bond motifs is 2. The van der Waals surface area contributed by atoms with Crippen molar-refractivity contribution in [2.75, 3.05) is 5.32 Å². The smallest absolute Gasteiger partial charge is 0.256 e. The third kappa shape index (κ3) is 3.76. The summed E-state index contributed by atoms with van der Waals surface area (Å²) in [5, 5.41) is 4.97. The SMILES string of the molecule is CC[C@H](C)c1ccc2oc(-c3ccc(NC(=O)c4cccc5ccccc45)cc3)nc2c1. The molecule has 0 saturated heterocycles. The maximum atomic E-state index is 12.9. The molecule has 1 aromatic heterocycles. The van der Waals surface area contributed by atoms with Crippen molar-refractivity contribution in [1.82, 2.24) is 4.98 Å². The molecule has 0 bridgehead atoms. The van der Waals surface area contributed by atoms with Crippen LogP contribution in [0.3, 0.4) is 0 Å². The van der Waals surface area contributed by atoms with Crippen molar-refractivity contribution in [3.8, 4) is 11.5 Å². The fraction of sp³-hybridized carbons (Fsp3) is 0.143. The van der Waals surface area contributed by atoms with Gasteiger partial charge in [0.05, 0.1) is 0 Å². The lowest BCUT2D eigenvalue weighted by Crippen LogP contribution is -2.12. The fourth-order valence-corrected chi connectivity index (χ4v) is 3.93. The first-order valence-electron chi connectivity index (χ1n) is 10.9. The summed E-state index contributed by atoms with van der Waals surface area (Å²) in [6.45, 7) is 4.40. The van der Waals surface area contributed by atoms with Crippen molar-refractivity contribution in [3.05, 3.63) is 96.1 Å². The number of benzene rings is 4. The number of amides is 1. The summed E-state index contributed by atoms with van der Waals surface area (Å²) in [6, 6.07) is 27.4. The van der Waals surface area contributed by atoms with E-state index >= 15 is 0 Å². The normalized spacial score (nSPS) is 12.2. The minimum Gasteiger partial charge on any atom is -0.436 e. The molecule has 4 aromatic carbocycles. The van der Waals surface area contributed by atoms with E-state index in [4.69, 9.17) is 4.42 Å². The molecule has 1 atom stereocenters. The Balaban J connectivity index is 1.37. The second kappa shape index (κ2) is 8.31. The zero-order valence-corrected chi connectivity index (χ0v) is 18.1. The molecule has 0 aliphatic carbocycles. The van der Waals surface area contributed by atoms with Gasteiger partial charge in [-0.25, -0.2) is 4.98 Å². The molecule has 4 nitrogen and oxygen atoms in total. The first kappa shape index (κ1) is 20.0. The molecule has 0 spiro atoms. The molecule has 0 aliphatic rings. The highest BCUT2D eigenvalue weighted by Crippen LogP contribution is 2.29. The average Bonchev–Trinajstić information content (AvgIpc) is 3.27. The van der Waals surface area contributed by atoms with Crippen LogP contribution in [0, 0.1) is 0 Å². The number of oxazole rings is 1. The van der Waals surface area contributed by atoms with Gasteiger partial charge in [-0.3, -0.25) is 4.79 Å². The second-order valence-electron chi connectivity index (χ2n) is 8.11. The van der Waals surface area contributed by atoms with Crippen molar-refractivity contribution >= 4 is 33.5 Å². The molecule has 1 N–H and O–H groups in total. The van der Waals surface area contributed by atoms with Gasteiger partial charge in [-0.2, -0.15) is 0 Å². The number of rotatable bonds is 5. The van der Waals surface area contributed by atoms with Crippen LogP contribution < -0.4 is 5.32 Å². The summed E-state index contributed by atoms with van der Waals surface area (Å²) in [7, 11) is 0. The van der Waals surface area contributed by atoms with Gasteiger partial charge in [-0.15, -0.1) is 0 Å². The molecule has 0 fully saturated rings. The van der Waals surface area contributed by atoms with E-state index < -0.39 is 0 Å². The van der Waals surface area contributed by atoms with Gasteiger partial charge in [0.2, 0.25) is 5.89 Å². The van der Waals surface area contributed by atoms with Crippen LogP contribution in [0.1, 0.15) is 42.1 Å². The topological polar surface area (TPSA) is 55.1 Å². The van der Waals surface area contributed by atoms with Gasteiger partial charge in [0.25, 0.3) is 5.91 Å². The Morgan fingerprint density at radius 3 is 2.56 bits per heavy atom. The summed E-state index contributed by atoms with van der Waals surface area (Å²) in [5.74, 6) is 0.936. The van der Waals surface area contributed by atoms with E-state index in [1.807, 2.05) is 72.8 Å². The predicted molar refractivity (Wildman–Crippen MR) is 130 cm³/mol. The van der Waals surface area contributed by atoms with Crippen molar-refractivity contribution in [2.45, 2.75) is 26.2 Å². The highest BCUT2D eigenvalue weighted by molar-refractivity contribution is 6.12. The minimum atomic E-state index is -0.131. The molecule has 4 heteroatoms. The number of hydrogen-bond donors (Lipinski definition) is 1. The molecule has 32 heavy (non-hydrogen) atoms. The minimum absolute atomic E-state index is 0.131. The molecular formula is C28H24N2O2. The van der Waals surface area contributed by atoms with Gasteiger partial charge in [0.1, 0.15) is 5.52 Å². The number of hydrogen-bond acceptors (Lipinski definition) is 3. The van der Waals surface area contributed by atoms with Gasteiger partial charge in [-0.05, 0) is 71.1 Å². The molecule has 0 aliphatic heterocycles. The lowest BCUT2D eigenvalue weighted by molar-refractivity contribution is 0.102. The lowest BCUT2D eigenvalue weighted by Gasteiger charge is -2.08. The lowest BCUT2D eigenvalue weighted by atomic mass is 9.98. The molecular weight excluding hydrogens is 396 g/mol. The van der Waals surface area contributed by atoms with Crippen LogP contribution in [0.25, 0.3) is 33.3 Å². The monoisotopic (exact) mass is 420 g/mol. The highest BCUT2D eigenvalue weighted by Gasteiger charge is 2.13. The van der Waals surface area contributed by atoms with Crippen LogP contribution >= 0.6 is 0 Å². The average molecular weight is 421 g/mol. The third-order valence-electron chi connectivity index (χ3n) is 6.02. The Kier molecular flexibility index (Phi) is 5.20. The van der Waals surface area contributed by atoms with Gasteiger partial charge < -0.3 is 9.73 Å². The predicted octanol–water partition coefficient (Wildman–Crippen LogP) is 7.41. The van der Waals surface area contributed by atoms with Crippen LogP contribution in [0.15, 0.2) is 89.3 Å². The Bertz CT molecular complexity index is 1410. The first-order valence-corrected chi connectivity index (χ1v) is 10.9. The quantitative estimate of drug-likeness (QED) is 0.322. The van der Waals surface area contributed by atoms with E-state index in [0.717, 1.165) is 39.5 Å². The van der Waals surface area contributed by atoms with Crippen LogP contribution in [0.4, 0.5) is 5.69 Å². The Labute approximate surface area is 186 Å². The summed E-state index contributed by atoms with van der Waals surface area (Å²) in [6.07, 6.45) is 1.09. The molecule has 1 amide bonds. The zero-order valence-electron chi connectivity index (χ0n) is 18.1. The number of nitrogens with zero attached hydrogens (tertiary/aromatic N) is 1. The summed E-state index contributed by atoms with van der Waals surface area (Å²) >= 11 is 0. The number of carbonyl (C=O) groups excluding carboxylic acids is 1. The third-order valence-corrected chi connectivity index (χ3v) is 6.02. The largest absolute Gasteiger partial charge is 0.436 e. The fourth-order valence-electron chi connectivity index (χ4n) is 3.93. The standard InChI is InChI=1S/C28H24N2O2/c1-3-18(2)21-13-16-26-25(17-21)30-28(32-26)20-11-14-22(15-12-20)29-27(31)24-10-6-8-19-7-4-5-9-23(19)24/h4-18H,3H2,1-2H3,(H,29,31)/t18-/m0/s1. The Morgan fingerprint density at radius 1 is 0.969 bits per heavy atom. The highest BCUT2D eigenvalue weighted by atomic mass is 16.3. The van der Waals surface area contributed by atoms with Crippen LogP contribution in [0.5, 0.6) is 0 Å². The maximum Gasteiger partial charge on any atom is 0.256 e. The second-order valence-corrected chi connectivity index (χ2v) is 8.11. The van der Waals surface area contributed by atoms with Gasteiger partial charge in [-0.1, -0.05) is 56.3 Å². The van der Waals surface area contributed by atoms with Crippen molar-refractivity contribution < 1.29 is 9.21 Å². The zero-order chi connectivity index (χ0) is 22.1. The number of nitrogens with one attached hydrogen (secondary N) is 1. The number of anilines is 1. The van der Waals surface area contributed by atoms with Gasteiger partial charge in [0, 0.05) is 16.8 Å². The van der Waals surface area contributed by atoms with Gasteiger partial charge in [0.15, 0.2) is 5.58 Å². The Morgan fingerprint density at radius 2 is 1.75 bits per heavy atom. The van der Waals surface area contributed by atoms with E-state index in [1.165, 1.54) is 5.56 Å². The Hall–Kier alpha value is -3.92. The molecule has 5 aromatic rings. The van der Waals surface area contributed by atoms with E-state index in [1.54, 1.807) is 0 Å². The maximum absolute atomic E-state index is 12.9. The van der Waals surface area contributed by atoms with E-state index in [0.29, 0.717) is 17.4 Å². The van der Waals surface area contributed by atoms with Crippen LogP contribution in [0.2, 0.25) is 0 Å². The van der Waals surface area contributed by atoms with E-state index in [-0.39, 0.29) is 5.91 Å². The first-order chi connectivity index (χ1) is 15.6. The summed E-state index contributed by atoms with van der Waals surface area (Å²) in [5.41, 5.74) is 5.16. The van der Waals surface area contributed by atoms with Gasteiger partial charge >= 0.3 is 0 Å². The van der Waals surface area contributed by atoms with E-state index in [2.05, 4.69) is 36.3 Å². The molecule has 0 unspecified atom stereocenters. The molecule has 1 heterocycles. The van der Waals surface area contributed by atoms with Crippen molar-refractivity contribution in [2.24, 2.45) is 0 Å². The molecule has 5 rings (SSSR count). The molecule has 0 saturated carbocycles. The molecule has 0 radical (unpaired) electrons. The molecule has 158 valence electrons. The van der Waals surface area contributed by atoms with E-state index in [9.17, 15) is 4.79 Å². The van der Waals surface area contributed by atoms with Crippen LogP contribution in [-0.4, -0.2) is 10.9 Å². The summed E-state index contributed by atoms with van der Waals surface area (Å²) in [4.78, 5) is 17.5. The summed E-state index contributed by atoms with van der Waals surface area (Å²) < 4.78 is 5.96. The number of carbonyl (C=O) groups is 1. The van der Waals surface area contributed by atoms with Crippen molar-refractivity contribution in [1.29, 1.82) is 0 Å².